The fourth-order valence-corrected chi connectivity index (χ4v) is 2.93. The summed E-state index contributed by atoms with van der Waals surface area (Å²) in [5, 5.41) is 11.2. The molecule has 3 aromatic rings. The van der Waals surface area contributed by atoms with Gasteiger partial charge < -0.3 is 10.6 Å². The van der Waals surface area contributed by atoms with E-state index >= 15 is 0 Å². The minimum atomic E-state index is -0.239. The van der Waals surface area contributed by atoms with Gasteiger partial charge in [0.2, 0.25) is 0 Å². The smallest absolute Gasteiger partial charge is 0.176 e. The molecule has 0 fully saturated rings. The lowest BCUT2D eigenvalue weighted by atomic mass is 10.1. The number of nitrogens with one attached hydrogen (secondary N) is 2. The predicted octanol–water partition coefficient (Wildman–Crippen LogP) is 5.22. The topological polar surface area (TPSA) is 41.9 Å². The van der Waals surface area contributed by atoms with E-state index in [2.05, 4.69) is 34.8 Å². The molecule has 0 amide bonds. The van der Waals surface area contributed by atoms with Crippen molar-refractivity contribution in [3.05, 3.63) is 77.7 Å². The van der Waals surface area contributed by atoms with Gasteiger partial charge in [0.15, 0.2) is 10.9 Å². The van der Waals surface area contributed by atoms with Crippen molar-refractivity contribution in [2.45, 2.75) is 32.7 Å². The second-order valence-electron chi connectivity index (χ2n) is 6.40. The molecule has 0 atom stereocenters. The van der Waals surface area contributed by atoms with Crippen molar-refractivity contribution in [2.24, 2.45) is 0 Å². The molecule has 1 aromatic heterocycles. The van der Waals surface area contributed by atoms with Crippen LogP contribution in [0.1, 0.15) is 30.9 Å². The van der Waals surface area contributed by atoms with E-state index in [0.717, 1.165) is 17.7 Å². The Morgan fingerprint density at radius 2 is 1.70 bits per heavy atom. The number of benzene rings is 2. The highest BCUT2D eigenvalue weighted by Crippen LogP contribution is 2.13. The van der Waals surface area contributed by atoms with E-state index in [-0.39, 0.29) is 5.82 Å². The average molecular weight is 383 g/mol. The number of aryl methyl sites for hydroxylation is 1. The van der Waals surface area contributed by atoms with Gasteiger partial charge >= 0.3 is 0 Å². The average Bonchev–Trinajstić information content (AvgIpc) is 3.09. The van der Waals surface area contributed by atoms with Crippen LogP contribution >= 0.6 is 12.2 Å². The Hall–Kier alpha value is -2.73. The van der Waals surface area contributed by atoms with E-state index in [1.807, 2.05) is 24.4 Å². The van der Waals surface area contributed by atoms with Gasteiger partial charge in [-0.2, -0.15) is 5.10 Å². The summed E-state index contributed by atoms with van der Waals surface area (Å²) in [5.41, 5.74) is 3.26. The van der Waals surface area contributed by atoms with Gasteiger partial charge in [0.05, 0.1) is 6.54 Å². The fourth-order valence-electron chi connectivity index (χ4n) is 2.71. The molecule has 2 N–H and O–H groups in total. The summed E-state index contributed by atoms with van der Waals surface area (Å²) in [6, 6.07) is 16.6. The molecule has 27 heavy (non-hydrogen) atoms. The van der Waals surface area contributed by atoms with E-state index < -0.39 is 0 Å². The van der Waals surface area contributed by atoms with Crippen molar-refractivity contribution in [3.8, 4) is 0 Å². The summed E-state index contributed by atoms with van der Waals surface area (Å²) in [6.45, 7) is 2.77. The summed E-state index contributed by atoms with van der Waals surface area (Å²) in [6.07, 6.45) is 5.36. The van der Waals surface area contributed by atoms with Crippen LogP contribution in [0.2, 0.25) is 0 Å². The van der Waals surface area contributed by atoms with Gasteiger partial charge in [-0.3, -0.25) is 4.68 Å². The zero-order chi connectivity index (χ0) is 19.1. The highest BCUT2D eigenvalue weighted by atomic mass is 32.1. The molecule has 0 unspecified atom stereocenters. The number of anilines is 2. The SMILES string of the molecule is CCCCc1ccc(NC(=S)Nc2ccn(Cc3ccc(F)cc3)n2)cc1. The van der Waals surface area contributed by atoms with Crippen LogP contribution in [0.3, 0.4) is 0 Å². The Morgan fingerprint density at radius 1 is 1.00 bits per heavy atom. The highest BCUT2D eigenvalue weighted by molar-refractivity contribution is 7.80. The van der Waals surface area contributed by atoms with Gasteiger partial charge in [-0.1, -0.05) is 37.6 Å². The minimum Gasteiger partial charge on any atom is -0.332 e. The normalized spacial score (nSPS) is 10.6. The maximum atomic E-state index is 13.0. The number of thiocarbonyl (C=S) groups is 1. The molecule has 0 bridgehead atoms. The molecule has 1 heterocycles. The highest BCUT2D eigenvalue weighted by Gasteiger charge is 2.04. The maximum Gasteiger partial charge on any atom is 0.176 e. The van der Waals surface area contributed by atoms with Crippen molar-refractivity contribution in [2.75, 3.05) is 10.6 Å². The van der Waals surface area contributed by atoms with Crippen LogP contribution in [0, 0.1) is 5.82 Å². The zero-order valence-electron chi connectivity index (χ0n) is 15.3. The largest absolute Gasteiger partial charge is 0.332 e. The number of unbranched alkanes of at least 4 members (excludes halogenated alkanes) is 1. The third kappa shape index (κ3) is 5.89. The first-order valence-corrected chi connectivity index (χ1v) is 9.48. The fraction of sp³-hybridized carbons (Fsp3) is 0.238. The van der Waals surface area contributed by atoms with E-state index in [0.29, 0.717) is 17.5 Å². The van der Waals surface area contributed by atoms with Crippen molar-refractivity contribution >= 4 is 28.8 Å². The monoisotopic (exact) mass is 382 g/mol. The summed E-state index contributed by atoms with van der Waals surface area (Å²) >= 11 is 5.36. The summed E-state index contributed by atoms with van der Waals surface area (Å²) < 4.78 is 14.8. The minimum absolute atomic E-state index is 0.239. The molecule has 6 heteroatoms. The molecule has 0 aliphatic rings. The van der Waals surface area contributed by atoms with Crippen molar-refractivity contribution in [1.29, 1.82) is 0 Å². The summed E-state index contributed by atoms with van der Waals surface area (Å²) in [5.74, 6) is 0.422. The first-order valence-electron chi connectivity index (χ1n) is 9.07. The van der Waals surface area contributed by atoms with E-state index in [1.54, 1.807) is 16.8 Å². The molecule has 4 nitrogen and oxygen atoms in total. The number of rotatable bonds is 7. The van der Waals surface area contributed by atoms with Gasteiger partial charge in [-0.05, 0) is 60.5 Å². The number of hydrogen-bond donors (Lipinski definition) is 2. The number of halogens is 1. The molecule has 0 saturated carbocycles. The first-order chi connectivity index (χ1) is 13.1. The first kappa shape index (κ1) is 19.0. The Morgan fingerprint density at radius 3 is 2.41 bits per heavy atom. The molecule has 2 aromatic carbocycles. The second-order valence-corrected chi connectivity index (χ2v) is 6.81. The zero-order valence-corrected chi connectivity index (χ0v) is 16.1. The summed E-state index contributed by atoms with van der Waals surface area (Å²) in [4.78, 5) is 0. The quantitative estimate of drug-likeness (QED) is 0.550. The lowest BCUT2D eigenvalue weighted by Crippen LogP contribution is -2.19. The van der Waals surface area contributed by atoms with E-state index in [9.17, 15) is 4.39 Å². The van der Waals surface area contributed by atoms with Crippen LogP contribution in [0.4, 0.5) is 15.9 Å². The summed E-state index contributed by atoms with van der Waals surface area (Å²) in [7, 11) is 0. The van der Waals surface area contributed by atoms with Crippen LogP contribution < -0.4 is 10.6 Å². The van der Waals surface area contributed by atoms with Crippen LogP contribution in [0.5, 0.6) is 0 Å². The molecule has 0 radical (unpaired) electrons. The van der Waals surface area contributed by atoms with Crippen LogP contribution in [-0.2, 0) is 13.0 Å². The lowest BCUT2D eigenvalue weighted by Gasteiger charge is -2.09. The van der Waals surface area contributed by atoms with Gasteiger partial charge in [0.25, 0.3) is 0 Å². The van der Waals surface area contributed by atoms with Crippen LogP contribution in [0.15, 0.2) is 60.8 Å². The number of hydrogen-bond acceptors (Lipinski definition) is 2. The third-order valence-corrected chi connectivity index (χ3v) is 4.38. The number of nitrogens with zero attached hydrogens (tertiary/aromatic N) is 2. The van der Waals surface area contributed by atoms with Crippen molar-refractivity contribution in [3.63, 3.8) is 0 Å². The van der Waals surface area contributed by atoms with E-state index in [1.165, 1.54) is 30.5 Å². The van der Waals surface area contributed by atoms with Gasteiger partial charge in [0.1, 0.15) is 5.82 Å². The Labute approximate surface area is 164 Å². The van der Waals surface area contributed by atoms with Crippen molar-refractivity contribution < 1.29 is 4.39 Å². The molecular formula is C21H23FN4S. The third-order valence-electron chi connectivity index (χ3n) is 4.17. The van der Waals surface area contributed by atoms with Gasteiger partial charge in [0, 0.05) is 18.0 Å². The Kier molecular flexibility index (Phi) is 6.54. The predicted molar refractivity (Wildman–Crippen MR) is 113 cm³/mol. The molecule has 140 valence electrons. The molecular weight excluding hydrogens is 359 g/mol. The maximum absolute atomic E-state index is 13.0. The van der Waals surface area contributed by atoms with Gasteiger partial charge in [-0.25, -0.2) is 4.39 Å². The van der Waals surface area contributed by atoms with Crippen LogP contribution in [-0.4, -0.2) is 14.9 Å². The van der Waals surface area contributed by atoms with Gasteiger partial charge in [-0.15, -0.1) is 0 Å². The Bertz CT molecular complexity index is 872. The molecule has 3 rings (SSSR count). The second kappa shape index (κ2) is 9.28. The molecule has 0 saturated heterocycles. The molecule has 0 spiro atoms. The van der Waals surface area contributed by atoms with Crippen LogP contribution in [0.25, 0.3) is 0 Å². The standard InChI is InChI=1S/C21H23FN4S/c1-2-3-4-16-7-11-19(12-8-16)23-21(27)24-20-13-14-26(25-20)15-17-5-9-18(22)10-6-17/h5-14H,2-4,15H2,1H3,(H2,23,24,25,27). The van der Waals surface area contributed by atoms with Crippen molar-refractivity contribution in [1.82, 2.24) is 9.78 Å². The molecule has 0 aliphatic carbocycles. The number of aromatic nitrogens is 2. The molecule has 0 aliphatic heterocycles. The van der Waals surface area contributed by atoms with E-state index in [4.69, 9.17) is 12.2 Å². The lowest BCUT2D eigenvalue weighted by molar-refractivity contribution is 0.624. The Balaban J connectivity index is 1.52.